The van der Waals surface area contributed by atoms with E-state index in [4.69, 9.17) is 4.74 Å². The number of nitrogens with zero attached hydrogens (tertiary/aromatic N) is 3. The highest BCUT2D eigenvalue weighted by atomic mass is 19.1. The molecule has 0 saturated carbocycles. The van der Waals surface area contributed by atoms with Crippen molar-refractivity contribution in [2.75, 3.05) is 19.7 Å². The molecule has 1 amide bonds. The summed E-state index contributed by atoms with van der Waals surface area (Å²) in [4.78, 5) is 26.4. The van der Waals surface area contributed by atoms with Crippen LogP contribution in [0, 0.1) is 25.6 Å². The first-order valence-corrected chi connectivity index (χ1v) is 9.14. The van der Waals surface area contributed by atoms with Gasteiger partial charge in [0.15, 0.2) is 11.6 Å². The summed E-state index contributed by atoms with van der Waals surface area (Å²) in [7, 11) is 0. The van der Waals surface area contributed by atoms with E-state index >= 15 is 0 Å². The van der Waals surface area contributed by atoms with Crippen LogP contribution in [0.5, 0.6) is 5.75 Å². The van der Waals surface area contributed by atoms with E-state index in [2.05, 4.69) is 5.10 Å². The summed E-state index contributed by atoms with van der Waals surface area (Å²) >= 11 is 0. The van der Waals surface area contributed by atoms with Gasteiger partial charge in [0.2, 0.25) is 5.91 Å². The Morgan fingerprint density at radius 1 is 1.33 bits per heavy atom. The van der Waals surface area contributed by atoms with Crippen LogP contribution >= 0.6 is 0 Å². The van der Waals surface area contributed by atoms with Crippen molar-refractivity contribution in [1.29, 1.82) is 0 Å². The highest BCUT2D eigenvalue weighted by molar-refractivity contribution is 5.76. The van der Waals surface area contributed by atoms with Crippen LogP contribution in [0.1, 0.15) is 24.1 Å². The van der Waals surface area contributed by atoms with Crippen LogP contribution in [-0.2, 0) is 11.3 Å². The van der Waals surface area contributed by atoms with Gasteiger partial charge in [0, 0.05) is 25.1 Å². The van der Waals surface area contributed by atoms with Crippen LogP contribution in [0.4, 0.5) is 4.39 Å². The van der Waals surface area contributed by atoms with Crippen molar-refractivity contribution in [2.45, 2.75) is 33.2 Å². The van der Waals surface area contributed by atoms with Gasteiger partial charge in [-0.1, -0.05) is 12.1 Å². The molecule has 0 aliphatic carbocycles. The third-order valence-corrected chi connectivity index (χ3v) is 4.90. The lowest BCUT2D eigenvalue weighted by Gasteiger charge is -2.32. The first kappa shape index (κ1) is 19.1. The SMILES string of the molecule is Cc1cc(=O)n(CC(=O)N2CCCC(COc3ccccc3F)C2)nc1C. The number of halogens is 1. The van der Waals surface area contributed by atoms with Gasteiger partial charge in [0.1, 0.15) is 6.54 Å². The first-order valence-electron chi connectivity index (χ1n) is 9.14. The minimum absolute atomic E-state index is 0.0686. The Bertz CT molecular complexity index is 881. The monoisotopic (exact) mass is 373 g/mol. The largest absolute Gasteiger partial charge is 0.490 e. The normalized spacial score (nSPS) is 17.0. The zero-order valence-electron chi connectivity index (χ0n) is 15.7. The molecule has 6 nitrogen and oxygen atoms in total. The minimum atomic E-state index is -0.388. The van der Waals surface area contributed by atoms with Crippen molar-refractivity contribution < 1.29 is 13.9 Å². The van der Waals surface area contributed by atoms with E-state index in [1.807, 2.05) is 13.8 Å². The Morgan fingerprint density at radius 3 is 2.89 bits per heavy atom. The maximum atomic E-state index is 13.7. The van der Waals surface area contributed by atoms with E-state index in [9.17, 15) is 14.0 Å². The van der Waals surface area contributed by atoms with Crippen LogP contribution < -0.4 is 10.3 Å². The highest BCUT2D eigenvalue weighted by Crippen LogP contribution is 2.21. The van der Waals surface area contributed by atoms with Crippen LogP contribution in [0.15, 0.2) is 35.1 Å². The summed E-state index contributed by atoms with van der Waals surface area (Å²) in [6.07, 6.45) is 1.77. The molecule has 0 bridgehead atoms. The second kappa shape index (κ2) is 8.33. The molecule has 0 spiro atoms. The molecular weight excluding hydrogens is 349 g/mol. The van der Waals surface area contributed by atoms with E-state index in [1.54, 1.807) is 23.1 Å². The number of carbonyl (C=O) groups excluding carboxylic acids is 1. The third kappa shape index (κ3) is 4.72. The second-order valence-corrected chi connectivity index (χ2v) is 7.00. The number of aryl methyl sites for hydroxylation is 2. The number of piperidine rings is 1. The fraction of sp³-hybridized carbons (Fsp3) is 0.450. The number of rotatable bonds is 5. The number of para-hydroxylation sites is 1. The Morgan fingerprint density at radius 2 is 2.11 bits per heavy atom. The van der Waals surface area contributed by atoms with Crippen molar-refractivity contribution >= 4 is 5.91 Å². The Labute approximate surface area is 157 Å². The van der Waals surface area contributed by atoms with Gasteiger partial charge in [-0.05, 0) is 44.4 Å². The first-order chi connectivity index (χ1) is 12.9. The lowest BCUT2D eigenvalue weighted by molar-refractivity contribution is -0.134. The summed E-state index contributed by atoms with van der Waals surface area (Å²) in [6.45, 7) is 5.10. The molecule has 144 valence electrons. The van der Waals surface area contributed by atoms with Gasteiger partial charge >= 0.3 is 0 Å². The zero-order chi connectivity index (χ0) is 19.4. The van der Waals surface area contributed by atoms with E-state index in [-0.39, 0.29) is 35.5 Å². The molecule has 2 heterocycles. The topological polar surface area (TPSA) is 64.4 Å². The van der Waals surface area contributed by atoms with Gasteiger partial charge in [0.05, 0.1) is 12.3 Å². The molecular formula is C20H24FN3O3. The van der Waals surface area contributed by atoms with Gasteiger partial charge in [-0.2, -0.15) is 5.10 Å². The van der Waals surface area contributed by atoms with E-state index < -0.39 is 0 Å². The number of aromatic nitrogens is 2. The van der Waals surface area contributed by atoms with Gasteiger partial charge < -0.3 is 9.64 Å². The average molecular weight is 373 g/mol. The lowest BCUT2D eigenvalue weighted by atomic mass is 9.99. The van der Waals surface area contributed by atoms with Gasteiger partial charge in [-0.15, -0.1) is 0 Å². The quantitative estimate of drug-likeness (QED) is 0.807. The molecule has 1 atom stereocenters. The molecule has 7 heteroatoms. The second-order valence-electron chi connectivity index (χ2n) is 7.00. The number of ether oxygens (including phenoxy) is 1. The van der Waals surface area contributed by atoms with Crippen molar-refractivity contribution in [3.05, 3.63) is 57.8 Å². The number of likely N-dealkylation sites (tertiary alicyclic amines) is 1. The fourth-order valence-corrected chi connectivity index (χ4v) is 3.21. The predicted octanol–water partition coefficient (Wildman–Crippen LogP) is 2.32. The predicted molar refractivity (Wildman–Crippen MR) is 99.2 cm³/mol. The minimum Gasteiger partial charge on any atom is -0.490 e. The van der Waals surface area contributed by atoms with Crippen LogP contribution in [0.3, 0.4) is 0 Å². The molecule has 27 heavy (non-hydrogen) atoms. The molecule has 1 aromatic carbocycles. The number of benzene rings is 1. The Kier molecular flexibility index (Phi) is 5.88. The van der Waals surface area contributed by atoms with Gasteiger partial charge in [-0.3, -0.25) is 9.59 Å². The Balaban J connectivity index is 1.59. The van der Waals surface area contributed by atoms with Crippen LogP contribution in [0.25, 0.3) is 0 Å². The molecule has 3 rings (SSSR count). The molecule has 1 aliphatic heterocycles. The molecule has 1 saturated heterocycles. The molecule has 2 aromatic rings. The van der Waals surface area contributed by atoms with E-state index in [0.29, 0.717) is 19.7 Å². The zero-order valence-corrected chi connectivity index (χ0v) is 15.7. The van der Waals surface area contributed by atoms with Crippen molar-refractivity contribution in [3.63, 3.8) is 0 Å². The summed E-state index contributed by atoms with van der Waals surface area (Å²) in [5.74, 6) is -0.163. The van der Waals surface area contributed by atoms with Gasteiger partial charge in [-0.25, -0.2) is 9.07 Å². The summed E-state index contributed by atoms with van der Waals surface area (Å²) in [5.41, 5.74) is 1.27. The van der Waals surface area contributed by atoms with Crippen molar-refractivity contribution in [1.82, 2.24) is 14.7 Å². The number of hydrogen-bond acceptors (Lipinski definition) is 4. The van der Waals surface area contributed by atoms with Crippen molar-refractivity contribution in [2.24, 2.45) is 5.92 Å². The number of carbonyl (C=O) groups is 1. The maximum absolute atomic E-state index is 13.7. The number of hydrogen-bond donors (Lipinski definition) is 0. The molecule has 1 unspecified atom stereocenters. The third-order valence-electron chi connectivity index (χ3n) is 4.90. The smallest absolute Gasteiger partial charge is 0.267 e. The Hall–Kier alpha value is -2.70. The summed E-state index contributed by atoms with van der Waals surface area (Å²) < 4.78 is 20.5. The lowest BCUT2D eigenvalue weighted by Crippen LogP contribution is -2.44. The summed E-state index contributed by atoms with van der Waals surface area (Å²) in [6, 6.07) is 7.80. The molecule has 0 N–H and O–H groups in total. The van der Waals surface area contributed by atoms with Crippen molar-refractivity contribution in [3.8, 4) is 5.75 Å². The molecule has 1 fully saturated rings. The molecule has 1 aliphatic rings. The fourth-order valence-electron chi connectivity index (χ4n) is 3.21. The van der Waals surface area contributed by atoms with Crippen LogP contribution in [0.2, 0.25) is 0 Å². The standard InChI is InChI=1S/C20H24FN3O3/c1-14-10-19(25)24(22-15(14)2)12-20(26)23-9-5-6-16(11-23)13-27-18-8-4-3-7-17(18)21/h3-4,7-8,10,16H,5-6,9,11-13H2,1-2H3. The van der Waals surface area contributed by atoms with Crippen LogP contribution in [-0.4, -0.2) is 40.3 Å². The summed E-state index contributed by atoms with van der Waals surface area (Å²) in [5, 5.41) is 4.20. The van der Waals surface area contributed by atoms with E-state index in [0.717, 1.165) is 24.1 Å². The number of amides is 1. The molecule has 0 radical (unpaired) electrons. The average Bonchev–Trinajstić information content (AvgIpc) is 2.65. The highest BCUT2D eigenvalue weighted by Gasteiger charge is 2.25. The van der Waals surface area contributed by atoms with E-state index in [1.165, 1.54) is 16.8 Å². The van der Waals surface area contributed by atoms with Gasteiger partial charge in [0.25, 0.3) is 5.56 Å². The molecule has 1 aromatic heterocycles. The maximum Gasteiger partial charge on any atom is 0.267 e.